The third-order valence-electron chi connectivity index (χ3n) is 2.85. The molecule has 0 amide bonds. The Morgan fingerprint density at radius 2 is 2.16 bits per heavy atom. The van der Waals surface area contributed by atoms with Crippen molar-refractivity contribution >= 4 is 11.3 Å². The number of benzene rings is 1. The second kappa shape index (κ2) is 6.73. The van der Waals surface area contributed by atoms with Gasteiger partial charge in [0.25, 0.3) is 0 Å². The van der Waals surface area contributed by atoms with Crippen molar-refractivity contribution in [1.82, 2.24) is 10.3 Å². The lowest BCUT2D eigenvalue weighted by Crippen LogP contribution is -2.24. The van der Waals surface area contributed by atoms with Gasteiger partial charge in [-0.05, 0) is 30.7 Å². The van der Waals surface area contributed by atoms with E-state index in [9.17, 15) is 8.78 Å². The minimum atomic E-state index is -0.813. The van der Waals surface area contributed by atoms with Crippen molar-refractivity contribution in [3.63, 3.8) is 0 Å². The minimum Gasteiger partial charge on any atom is -0.310 e. The molecule has 1 heterocycles. The van der Waals surface area contributed by atoms with Crippen LogP contribution in [-0.4, -0.2) is 11.5 Å². The zero-order valence-electron chi connectivity index (χ0n) is 10.7. The molecule has 0 aliphatic rings. The lowest BCUT2D eigenvalue weighted by atomic mass is 10.0. The first-order valence-electron chi connectivity index (χ1n) is 6.27. The number of hydrogen-bond donors (Lipinski definition) is 1. The first kappa shape index (κ1) is 14.1. The summed E-state index contributed by atoms with van der Waals surface area (Å²) in [5.41, 5.74) is 0.752. The fraction of sp³-hybridized carbons (Fsp3) is 0.357. The van der Waals surface area contributed by atoms with Gasteiger partial charge in [0.15, 0.2) is 11.6 Å². The third-order valence-corrected chi connectivity index (χ3v) is 3.65. The number of thiazole rings is 1. The fourth-order valence-electron chi connectivity index (χ4n) is 1.88. The summed E-state index contributed by atoms with van der Waals surface area (Å²) in [4.78, 5) is 4.24. The SMILES string of the molecule is CCCNC(Cc1nccs1)c1ccc(F)c(F)c1. The van der Waals surface area contributed by atoms with E-state index in [1.165, 1.54) is 12.1 Å². The average Bonchev–Trinajstić information content (AvgIpc) is 2.91. The highest BCUT2D eigenvalue weighted by molar-refractivity contribution is 7.09. The van der Waals surface area contributed by atoms with E-state index in [1.54, 1.807) is 23.6 Å². The second-order valence-electron chi connectivity index (χ2n) is 4.31. The van der Waals surface area contributed by atoms with Gasteiger partial charge in [-0.2, -0.15) is 0 Å². The molecule has 5 heteroatoms. The van der Waals surface area contributed by atoms with Gasteiger partial charge < -0.3 is 5.32 Å². The Kier molecular flexibility index (Phi) is 4.99. The second-order valence-corrected chi connectivity index (χ2v) is 5.29. The number of nitrogens with one attached hydrogen (secondary N) is 1. The number of aromatic nitrogens is 1. The minimum absolute atomic E-state index is 0.0406. The predicted molar refractivity (Wildman–Crippen MR) is 73.2 cm³/mol. The Labute approximate surface area is 115 Å². The van der Waals surface area contributed by atoms with Crippen molar-refractivity contribution in [2.24, 2.45) is 0 Å². The highest BCUT2D eigenvalue weighted by Gasteiger charge is 2.15. The number of nitrogens with zero attached hydrogens (tertiary/aromatic N) is 1. The van der Waals surface area contributed by atoms with Crippen LogP contribution in [0.3, 0.4) is 0 Å². The maximum Gasteiger partial charge on any atom is 0.159 e. The molecule has 1 atom stereocenters. The van der Waals surface area contributed by atoms with Crippen LogP contribution < -0.4 is 5.32 Å². The lowest BCUT2D eigenvalue weighted by Gasteiger charge is -2.18. The van der Waals surface area contributed by atoms with E-state index in [-0.39, 0.29) is 6.04 Å². The normalized spacial score (nSPS) is 12.6. The highest BCUT2D eigenvalue weighted by Crippen LogP contribution is 2.21. The molecule has 1 aromatic carbocycles. The van der Waals surface area contributed by atoms with Crippen molar-refractivity contribution in [2.45, 2.75) is 25.8 Å². The molecule has 0 saturated heterocycles. The smallest absolute Gasteiger partial charge is 0.159 e. The summed E-state index contributed by atoms with van der Waals surface area (Å²) >= 11 is 1.57. The molecular weight excluding hydrogens is 266 g/mol. The van der Waals surface area contributed by atoms with Crippen molar-refractivity contribution in [3.05, 3.63) is 52.0 Å². The third kappa shape index (κ3) is 3.81. The molecular formula is C14H16F2N2S. The number of halogens is 2. The Morgan fingerprint density at radius 3 is 2.79 bits per heavy atom. The molecule has 0 aliphatic heterocycles. The molecule has 1 unspecified atom stereocenters. The molecule has 0 bridgehead atoms. The molecule has 2 rings (SSSR count). The van der Waals surface area contributed by atoms with Gasteiger partial charge in [-0.3, -0.25) is 0 Å². The van der Waals surface area contributed by atoms with Crippen molar-refractivity contribution in [1.29, 1.82) is 0 Å². The van der Waals surface area contributed by atoms with Crippen LogP contribution in [0.25, 0.3) is 0 Å². The maximum absolute atomic E-state index is 13.3. The van der Waals surface area contributed by atoms with E-state index in [0.29, 0.717) is 6.42 Å². The standard InChI is InChI=1S/C14H16F2N2S/c1-2-5-17-13(9-14-18-6-7-19-14)10-3-4-11(15)12(16)8-10/h3-4,6-8,13,17H,2,5,9H2,1H3. The molecule has 0 spiro atoms. The van der Waals surface area contributed by atoms with Crippen molar-refractivity contribution in [3.8, 4) is 0 Å². The van der Waals surface area contributed by atoms with Crippen molar-refractivity contribution < 1.29 is 8.78 Å². The lowest BCUT2D eigenvalue weighted by molar-refractivity contribution is 0.493. The molecule has 102 valence electrons. The summed E-state index contributed by atoms with van der Waals surface area (Å²) in [6.45, 7) is 2.90. The van der Waals surface area contributed by atoms with Crippen LogP contribution in [0.2, 0.25) is 0 Å². The largest absolute Gasteiger partial charge is 0.310 e. The molecule has 0 aliphatic carbocycles. The van der Waals surface area contributed by atoms with E-state index in [0.717, 1.165) is 23.5 Å². The van der Waals surface area contributed by atoms with Gasteiger partial charge in [0.05, 0.1) is 5.01 Å². The first-order valence-corrected chi connectivity index (χ1v) is 7.15. The van der Waals surface area contributed by atoms with Crippen molar-refractivity contribution in [2.75, 3.05) is 6.54 Å². The number of hydrogen-bond acceptors (Lipinski definition) is 3. The summed E-state index contributed by atoms with van der Waals surface area (Å²) in [5.74, 6) is -1.62. The van der Waals surface area contributed by atoms with E-state index in [1.807, 2.05) is 5.38 Å². The van der Waals surface area contributed by atoms with Crippen LogP contribution in [0.4, 0.5) is 8.78 Å². The van der Waals surface area contributed by atoms with Crippen LogP contribution in [0.1, 0.15) is 30.0 Å². The Bertz CT molecular complexity index is 514. The summed E-state index contributed by atoms with van der Waals surface area (Å²) in [6.07, 6.45) is 3.42. The van der Waals surface area contributed by atoms with Crippen LogP contribution in [-0.2, 0) is 6.42 Å². The summed E-state index contributed by atoms with van der Waals surface area (Å²) in [6, 6.07) is 4.02. The van der Waals surface area contributed by atoms with Gasteiger partial charge in [0, 0.05) is 24.0 Å². The fourth-order valence-corrected chi connectivity index (χ4v) is 2.55. The van der Waals surface area contributed by atoms with E-state index >= 15 is 0 Å². The molecule has 0 radical (unpaired) electrons. The summed E-state index contributed by atoms with van der Waals surface area (Å²) in [7, 11) is 0. The molecule has 2 nitrogen and oxygen atoms in total. The Balaban J connectivity index is 2.18. The molecule has 0 saturated carbocycles. The van der Waals surface area contributed by atoms with Crippen LogP contribution in [0.5, 0.6) is 0 Å². The zero-order chi connectivity index (χ0) is 13.7. The van der Waals surface area contributed by atoms with Gasteiger partial charge in [-0.15, -0.1) is 11.3 Å². The van der Waals surface area contributed by atoms with E-state index in [4.69, 9.17) is 0 Å². The maximum atomic E-state index is 13.3. The van der Waals surface area contributed by atoms with E-state index < -0.39 is 11.6 Å². The van der Waals surface area contributed by atoms with Gasteiger partial charge in [-0.1, -0.05) is 13.0 Å². The molecule has 19 heavy (non-hydrogen) atoms. The number of rotatable bonds is 6. The van der Waals surface area contributed by atoms with Crippen LogP contribution in [0.15, 0.2) is 29.8 Å². The van der Waals surface area contributed by atoms with E-state index in [2.05, 4.69) is 17.2 Å². The topological polar surface area (TPSA) is 24.9 Å². The zero-order valence-corrected chi connectivity index (χ0v) is 11.5. The van der Waals surface area contributed by atoms with Gasteiger partial charge in [0.2, 0.25) is 0 Å². The Hall–Kier alpha value is -1.33. The van der Waals surface area contributed by atoms with Crippen LogP contribution >= 0.6 is 11.3 Å². The average molecular weight is 282 g/mol. The highest BCUT2D eigenvalue weighted by atomic mass is 32.1. The summed E-state index contributed by atoms with van der Waals surface area (Å²) < 4.78 is 26.3. The van der Waals surface area contributed by atoms with Gasteiger partial charge >= 0.3 is 0 Å². The molecule has 0 fully saturated rings. The van der Waals surface area contributed by atoms with Gasteiger partial charge in [0.1, 0.15) is 0 Å². The van der Waals surface area contributed by atoms with Crippen LogP contribution in [0, 0.1) is 11.6 Å². The predicted octanol–water partition coefficient (Wildman–Crippen LogP) is 3.70. The molecule has 2 aromatic rings. The monoisotopic (exact) mass is 282 g/mol. The first-order chi connectivity index (χ1) is 9.20. The summed E-state index contributed by atoms with van der Waals surface area (Å²) in [5, 5.41) is 6.25. The Morgan fingerprint density at radius 1 is 1.32 bits per heavy atom. The molecule has 1 aromatic heterocycles. The quantitative estimate of drug-likeness (QED) is 0.873. The molecule has 1 N–H and O–H groups in total. The van der Waals surface area contributed by atoms with Gasteiger partial charge in [-0.25, -0.2) is 13.8 Å².